The molecule has 31 nitrogen and oxygen atoms in total. The van der Waals surface area contributed by atoms with Gasteiger partial charge in [0, 0.05) is 19.9 Å². The molecule has 0 saturated carbocycles. The predicted octanol–water partition coefficient (Wildman–Crippen LogP) is 7.37. The summed E-state index contributed by atoms with van der Waals surface area (Å²) in [6.45, 7) is 21.6. The second kappa shape index (κ2) is 49.9. The Labute approximate surface area is 625 Å². The number of nitrogens with two attached hydrogens (primary N) is 1. The lowest BCUT2D eigenvalue weighted by atomic mass is 10.1. The molecule has 1 aliphatic rings. The quantitative estimate of drug-likeness (QED) is 0.0147. The fourth-order valence-electron chi connectivity index (χ4n) is 8.37. The molecule has 0 unspecified atom stereocenters. The summed E-state index contributed by atoms with van der Waals surface area (Å²) < 4.78 is 62.9. The number of carbonyl (C=O) groups is 13. The largest absolute Gasteiger partial charge is 0.481 e. The van der Waals surface area contributed by atoms with Gasteiger partial charge in [-0.1, -0.05) is 76.5 Å². The minimum Gasteiger partial charge on any atom is -0.481 e. The smallest absolute Gasteiger partial charge is 0.407 e. The van der Waals surface area contributed by atoms with E-state index in [4.69, 9.17) is 35.0 Å². The molecular weight excluding hydrogens is 1420 g/mol. The Bertz CT molecular complexity index is 3880. The number of pyridine rings is 3. The standard InChI is InChI=1S/C28H39FN4O7.C22H29FN4O6.C22H27FN4O5.C2H3N/c1-8-10-11-12-19(15-17(3)34)39-26(37)18(4)31-24(35)21(9-2)33-25(36)22-14-13-20(29)23(32-22)16-30-27(38)40-28(5,6)7;1-4-6-7-8-14(11-19(28)29)33-22(32)13(3)25-20(30)16(5-2)27-21(31)17-10-9-15(23)18(12-24)26-17;1-4-6-7-8-14-11-19(28)24-12-18-15(23)9-10-17(26-18)21(30)27-16(5-2)20(29)25-13(3)22(31)32-14;1-2-3/h9,11-14,18-19H,8,10,15-16H2,1-7H3,(H,30,38)(H,31,35)(H,33,36);5,7-10,13-14H,4,6,11-12,24H2,1-3H3,(H,25,30)(H,27,31)(H,28,29);5,7-10,13-14H,4,6,11-12H2,1-3H3,(H,24,28)(H,25,29)(H,27,30);1H3/b12-11+,21-9-;2*8-7+,16-5-;/t18-,19+;2*13-,14+;/m000./s1. The first-order chi connectivity index (χ1) is 50.9. The van der Waals surface area contributed by atoms with Crippen LogP contribution in [0.4, 0.5) is 18.0 Å². The number of rotatable bonds is 28. The van der Waals surface area contributed by atoms with Gasteiger partial charge in [0.05, 0.1) is 49.1 Å². The van der Waals surface area contributed by atoms with Gasteiger partial charge in [0.1, 0.15) is 99.4 Å². The zero-order valence-corrected chi connectivity index (χ0v) is 63.0. The van der Waals surface area contributed by atoms with Crippen LogP contribution in [-0.4, -0.2) is 139 Å². The van der Waals surface area contributed by atoms with Crippen LogP contribution in [0.3, 0.4) is 0 Å². The lowest BCUT2D eigenvalue weighted by molar-refractivity contribution is -0.153. The van der Waals surface area contributed by atoms with Crippen LogP contribution in [0.5, 0.6) is 0 Å². The van der Waals surface area contributed by atoms with Gasteiger partial charge < -0.3 is 72.3 Å². The van der Waals surface area contributed by atoms with Crippen molar-refractivity contribution in [1.29, 1.82) is 5.26 Å². The van der Waals surface area contributed by atoms with Gasteiger partial charge in [0.25, 0.3) is 35.4 Å². The lowest BCUT2D eigenvalue weighted by Crippen LogP contribution is -2.44. The van der Waals surface area contributed by atoms with Gasteiger partial charge >= 0.3 is 30.0 Å². The Morgan fingerprint density at radius 3 is 1.68 bits per heavy atom. The molecule has 588 valence electrons. The lowest BCUT2D eigenvalue weighted by Gasteiger charge is -2.20. The molecular formula is C74H98F3N13O18. The number of hydrogen-bond acceptors (Lipinski definition) is 22. The van der Waals surface area contributed by atoms with Crippen molar-refractivity contribution in [3.8, 4) is 6.07 Å². The fourth-order valence-corrected chi connectivity index (χ4v) is 8.37. The Hall–Kier alpha value is -11.8. The monoisotopic (exact) mass is 1510 g/mol. The van der Waals surface area contributed by atoms with Gasteiger partial charge in [0.2, 0.25) is 5.91 Å². The number of aromatic nitrogens is 3. The SMILES string of the molecule is C/C=C(\NC(=O)c1ccc(F)c(CN)n1)C(=O)N[C@@H](C)C(=O)O[C@H](/C=C/CCC)CC(=O)O.C/C=C(\NC(=O)c1ccc(F)c(CNC(=O)OC(C)(C)C)n1)C(=O)N[C@@H](C)C(=O)O[C@H](/C=C/CCC)CC(C)=O.C/C=C1\NC(=O)c2ccc(F)c(n2)CNC(=O)C[C@@H](/C=C/CCC)OC(=O)[C@H](C)NC1=O.CC#N. The number of carboxylic acids is 1. The molecule has 1 aliphatic heterocycles. The second-order valence-corrected chi connectivity index (χ2v) is 24.3. The van der Waals surface area contributed by atoms with E-state index in [1.807, 2.05) is 26.8 Å². The highest BCUT2D eigenvalue weighted by molar-refractivity contribution is 6.05. The second-order valence-electron chi connectivity index (χ2n) is 24.3. The van der Waals surface area contributed by atoms with E-state index in [9.17, 15) is 75.5 Å². The molecule has 34 heteroatoms. The number of fused-ring (bicyclic) bond motifs is 2. The minimum atomic E-state index is -1.14. The number of halogens is 3. The fraction of sp³-hybridized carbons (Fsp3) is 0.446. The van der Waals surface area contributed by atoms with Crippen LogP contribution < -0.4 is 48.3 Å². The first-order valence-electron chi connectivity index (χ1n) is 34.3. The Balaban J connectivity index is 0.000000800. The molecule has 2 bridgehead atoms. The maximum Gasteiger partial charge on any atom is 0.407 e. The molecule has 0 aromatic carbocycles. The highest BCUT2D eigenvalue weighted by Crippen LogP contribution is 2.15. The topological polar surface area (TPSA) is 464 Å². The van der Waals surface area contributed by atoms with E-state index in [2.05, 4.69) is 57.5 Å². The van der Waals surface area contributed by atoms with Gasteiger partial charge in [-0.3, -0.25) is 43.2 Å². The van der Waals surface area contributed by atoms with Gasteiger partial charge in [-0.25, -0.2) is 47.3 Å². The van der Waals surface area contributed by atoms with Gasteiger partial charge in [0.15, 0.2) is 0 Å². The third-order valence-corrected chi connectivity index (χ3v) is 13.8. The summed E-state index contributed by atoms with van der Waals surface area (Å²) in [5.74, 6) is -10.9. The van der Waals surface area contributed by atoms with Gasteiger partial charge in [-0.15, -0.1) is 0 Å². The van der Waals surface area contributed by atoms with Crippen LogP contribution in [0.1, 0.15) is 203 Å². The molecule has 11 N–H and O–H groups in total. The van der Waals surface area contributed by atoms with E-state index >= 15 is 0 Å². The van der Waals surface area contributed by atoms with Crippen molar-refractivity contribution in [2.45, 2.75) is 216 Å². The number of allylic oxidation sites excluding steroid dienone is 6. The van der Waals surface area contributed by atoms with E-state index in [0.717, 1.165) is 62.4 Å². The summed E-state index contributed by atoms with van der Waals surface area (Å²) in [5.41, 5.74) is 3.20. The van der Waals surface area contributed by atoms with E-state index in [1.165, 1.54) is 85.8 Å². The number of aliphatic carboxylic acids is 1. The number of nitrogens with one attached hydrogen (secondary N) is 8. The molecule has 0 aliphatic carbocycles. The molecule has 6 atom stereocenters. The van der Waals surface area contributed by atoms with Crippen LogP contribution in [0.2, 0.25) is 0 Å². The molecule has 4 rings (SSSR count). The third-order valence-electron chi connectivity index (χ3n) is 13.8. The maximum absolute atomic E-state index is 14.2. The number of nitrogens with zero attached hydrogens (tertiary/aromatic N) is 4. The summed E-state index contributed by atoms with van der Waals surface area (Å²) in [6.07, 6.45) is 14.8. The van der Waals surface area contributed by atoms with Gasteiger partial charge in [-0.2, -0.15) is 5.26 Å². The number of unbranched alkanes of at least 4 members (excludes halogenated alkanes) is 3. The molecule has 108 heavy (non-hydrogen) atoms. The van der Waals surface area contributed by atoms with E-state index in [1.54, 1.807) is 51.1 Å². The first kappa shape index (κ1) is 94.3. The van der Waals surface area contributed by atoms with Crippen molar-refractivity contribution in [2.75, 3.05) is 0 Å². The maximum atomic E-state index is 14.2. The normalized spacial score (nSPS) is 15.7. The van der Waals surface area contributed by atoms with Crippen molar-refractivity contribution >= 4 is 77.1 Å². The molecule has 8 amide bonds. The highest BCUT2D eigenvalue weighted by atomic mass is 19.1. The molecule has 0 fully saturated rings. The summed E-state index contributed by atoms with van der Waals surface area (Å²) in [5, 5.41) is 35.6. The van der Waals surface area contributed by atoms with Crippen LogP contribution in [0, 0.1) is 28.8 Å². The first-order valence-corrected chi connectivity index (χ1v) is 34.3. The number of amides is 8. The van der Waals surface area contributed by atoms with Crippen LogP contribution in [-0.2, 0) is 81.7 Å². The number of ketones is 1. The van der Waals surface area contributed by atoms with E-state index < -0.39 is 137 Å². The number of ether oxygens (including phenoxy) is 4. The number of nitriles is 1. The average molecular weight is 1510 g/mol. The third kappa shape index (κ3) is 36.8. The van der Waals surface area contributed by atoms with Crippen molar-refractivity contribution in [3.05, 3.63) is 160 Å². The number of esters is 3. The minimum absolute atomic E-state index is 0.00272. The summed E-state index contributed by atoms with van der Waals surface area (Å²) in [4.78, 5) is 171. The van der Waals surface area contributed by atoms with Crippen molar-refractivity contribution in [3.63, 3.8) is 0 Å². The zero-order valence-electron chi connectivity index (χ0n) is 63.0. The van der Waals surface area contributed by atoms with Crippen molar-refractivity contribution in [2.24, 2.45) is 5.73 Å². The number of Topliss-reactive ketones (excluding diaryl/α,β-unsaturated/α-hetero) is 1. The van der Waals surface area contributed by atoms with Crippen LogP contribution >= 0.6 is 0 Å². The van der Waals surface area contributed by atoms with Crippen molar-refractivity contribution < 1.29 is 99.6 Å². The van der Waals surface area contributed by atoms with E-state index in [0.29, 0.717) is 6.42 Å². The molecule has 0 saturated heterocycles. The number of carbonyl (C=O) groups excluding carboxylic acids is 12. The van der Waals surface area contributed by atoms with Crippen LogP contribution in [0.25, 0.3) is 0 Å². The van der Waals surface area contributed by atoms with E-state index in [-0.39, 0.29) is 89.5 Å². The number of hydrogen-bond donors (Lipinski definition) is 10. The van der Waals surface area contributed by atoms with Crippen molar-refractivity contribution in [1.82, 2.24) is 57.5 Å². The number of cyclic esters (lactones) is 1. The molecule has 4 heterocycles. The number of alkyl carbamates (subject to hydrolysis) is 1. The molecule has 0 radical (unpaired) electrons. The summed E-state index contributed by atoms with van der Waals surface area (Å²) >= 11 is 0. The number of carboxylic acid groups (broad SMARTS) is 1. The molecule has 0 spiro atoms. The summed E-state index contributed by atoms with van der Waals surface area (Å²) in [6, 6.07) is 5.02. The highest BCUT2D eigenvalue weighted by Gasteiger charge is 2.29. The zero-order chi connectivity index (χ0) is 81.8. The Morgan fingerprint density at radius 1 is 0.731 bits per heavy atom. The molecule has 3 aromatic rings. The Morgan fingerprint density at radius 2 is 1.21 bits per heavy atom. The van der Waals surface area contributed by atoms with Gasteiger partial charge in [-0.05, 0) is 143 Å². The van der Waals surface area contributed by atoms with Crippen LogP contribution in [0.15, 0.2) is 108 Å². The Kier molecular flexibility index (Phi) is 43.5. The summed E-state index contributed by atoms with van der Waals surface area (Å²) in [7, 11) is 0. The predicted molar refractivity (Wildman–Crippen MR) is 387 cm³/mol. The molecule has 3 aromatic heterocycles. The average Bonchev–Trinajstić information content (AvgIpc) is 0.852.